The van der Waals surface area contributed by atoms with Gasteiger partial charge in [0, 0.05) is 42.5 Å². The lowest BCUT2D eigenvalue weighted by molar-refractivity contribution is 0.0168. The lowest BCUT2D eigenvalue weighted by Crippen LogP contribution is -2.49. The van der Waals surface area contributed by atoms with E-state index in [0.29, 0.717) is 5.92 Å². The topological polar surface area (TPSA) is 32.8 Å². The maximum absolute atomic E-state index is 12.8. The molecule has 2 heterocycles. The highest BCUT2D eigenvalue weighted by atomic mass is 16.5. The number of nitrogens with zero attached hydrogens (tertiary/aromatic N) is 2. The number of amides is 1. The molecule has 0 spiro atoms. The predicted octanol–water partition coefficient (Wildman–Crippen LogP) is 3.36. The van der Waals surface area contributed by atoms with Crippen LogP contribution >= 0.6 is 0 Å². The number of benzene rings is 1. The predicted molar refractivity (Wildman–Crippen MR) is 95.3 cm³/mol. The van der Waals surface area contributed by atoms with E-state index >= 15 is 0 Å². The summed E-state index contributed by atoms with van der Waals surface area (Å²) in [5.74, 6) is 0.727. The Labute approximate surface area is 144 Å². The van der Waals surface area contributed by atoms with E-state index in [-0.39, 0.29) is 12.0 Å². The number of aryl methyl sites for hydroxylation is 1. The van der Waals surface area contributed by atoms with Crippen LogP contribution in [0.15, 0.2) is 30.0 Å². The molecule has 2 saturated heterocycles. The second-order valence-electron chi connectivity index (χ2n) is 7.11. The minimum absolute atomic E-state index is 0.186. The van der Waals surface area contributed by atoms with E-state index in [1.54, 1.807) is 0 Å². The highest BCUT2D eigenvalue weighted by Gasteiger charge is 2.39. The number of ether oxygens (including phenoxy) is 1. The maximum atomic E-state index is 12.8. The Morgan fingerprint density at radius 2 is 2.04 bits per heavy atom. The Morgan fingerprint density at radius 3 is 2.79 bits per heavy atom. The molecule has 4 nitrogen and oxygen atoms in total. The molecule has 0 N–H and O–H groups in total. The molecule has 128 valence electrons. The smallest absolute Gasteiger partial charge is 0.254 e. The van der Waals surface area contributed by atoms with Crippen LogP contribution in [0.5, 0.6) is 0 Å². The Kier molecular flexibility index (Phi) is 4.09. The highest BCUT2D eigenvalue weighted by Crippen LogP contribution is 2.39. The van der Waals surface area contributed by atoms with Crippen molar-refractivity contribution in [1.82, 2.24) is 4.90 Å². The largest absolute Gasteiger partial charge is 0.370 e. The first-order chi connectivity index (χ1) is 11.7. The monoisotopic (exact) mass is 326 g/mol. The van der Waals surface area contributed by atoms with E-state index in [4.69, 9.17) is 4.74 Å². The normalized spacial score (nSPS) is 26.0. The Balaban J connectivity index is 1.62. The fourth-order valence-electron chi connectivity index (χ4n) is 4.06. The van der Waals surface area contributed by atoms with Gasteiger partial charge in [0.2, 0.25) is 0 Å². The van der Waals surface area contributed by atoms with Gasteiger partial charge in [-0.15, -0.1) is 0 Å². The number of hydrogen-bond donors (Lipinski definition) is 0. The van der Waals surface area contributed by atoms with Crippen molar-refractivity contribution in [2.24, 2.45) is 5.92 Å². The molecule has 3 aliphatic rings. The Morgan fingerprint density at radius 1 is 1.25 bits per heavy atom. The van der Waals surface area contributed by atoms with Crippen molar-refractivity contribution in [1.29, 1.82) is 0 Å². The van der Waals surface area contributed by atoms with E-state index in [0.717, 1.165) is 62.3 Å². The molecule has 1 aromatic rings. The van der Waals surface area contributed by atoms with Crippen LogP contribution in [-0.2, 0) is 4.74 Å². The summed E-state index contributed by atoms with van der Waals surface area (Å²) in [5.41, 5.74) is 4.31. The van der Waals surface area contributed by atoms with Gasteiger partial charge in [-0.05, 0) is 43.9 Å². The van der Waals surface area contributed by atoms with Crippen molar-refractivity contribution in [2.45, 2.75) is 39.2 Å². The van der Waals surface area contributed by atoms with E-state index in [2.05, 4.69) is 36.1 Å². The molecule has 0 bridgehead atoms. The molecule has 24 heavy (non-hydrogen) atoms. The summed E-state index contributed by atoms with van der Waals surface area (Å²) in [7, 11) is 0. The molecule has 1 aromatic carbocycles. The zero-order valence-electron chi connectivity index (χ0n) is 14.6. The molecule has 4 rings (SSSR count). The Hall–Kier alpha value is -1.81. The number of morpholine rings is 1. The standard InChI is InChI=1S/C20H26N2O2/c1-3-15-12-18-19(15)24-11-10-22(18)16-7-6-14(2)17(13-16)20(23)21-8-4-5-9-21/h6-7,12-13,15,19H,3-5,8-11H2,1-2H3. The van der Waals surface area contributed by atoms with Gasteiger partial charge >= 0.3 is 0 Å². The average molecular weight is 326 g/mol. The molecule has 1 amide bonds. The summed E-state index contributed by atoms with van der Waals surface area (Å²) in [6, 6.07) is 6.30. The van der Waals surface area contributed by atoms with Gasteiger partial charge in [0.1, 0.15) is 6.10 Å². The lowest BCUT2D eigenvalue weighted by atomic mass is 9.83. The lowest BCUT2D eigenvalue weighted by Gasteiger charge is -2.46. The molecule has 2 unspecified atom stereocenters. The summed E-state index contributed by atoms with van der Waals surface area (Å²) in [5, 5.41) is 0. The highest BCUT2D eigenvalue weighted by molar-refractivity contribution is 5.97. The third-order valence-electron chi connectivity index (χ3n) is 5.62. The van der Waals surface area contributed by atoms with Gasteiger partial charge < -0.3 is 14.5 Å². The number of carbonyl (C=O) groups excluding carboxylic acids is 1. The number of fused-ring (bicyclic) bond motifs is 1. The summed E-state index contributed by atoms with van der Waals surface area (Å²) >= 11 is 0. The van der Waals surface area contributed by atoms with Crippen LogP contribution in [0.1, 0.15) is 42.1 Å². The first-order valence-corrected chi connectivity index (χ1v) is 9.20. The van der Waals surface area contributed by atoms with Crippen molar-refractivity contribution >= 4 is 11.6 Å². The van der Waals surface area contributed by atoms with Crippen molar-refractivity contribution in [2.75, 3.05) is 31.1 Å². The van der Waals surface area contributed by atoms with Gasteiger partial charge in [-0.25, -0.2) is 0 Å². The summed E-state index contributed by atoms with van der Waals surface area (Å²) < 4.78 is 5.93. The van der Waals surface area contributed by atoms with Gasteiger partial charge in [0.25, 0.3) is 5.91 Å². The zero-order chi connectivity index (χ0) is 16.7. The Bertz CT molecular complexity index is 676. The van der Waals surface area contributed by atoms with Crippen LogP contribution in [0.4, 0.5) is 5.69 Å². The van der Waals surface area contributed by atoms with E-state index in [1.807, 2.05) is 11.8 Å². The average Bonchev–Trinajstić information content (AvgIpc) is 3.10. The van der Waals surface area contributed by atoms with Gasteiger partial charge in [-0.1, -0.05) is 19.1 Å². The van der Waals surface area contributed by atoms with Crippen LogP contribution in [0, 0.1) is 12.8 Å². The first-order valence-electron chi connectivity index (χ1n) is 9.20. The molecular formula is C20H26N2O2. The molecule has 2 atom stereocenters. The molecule has 0 radical (unpaired) electrons. The molecule has 2 fully saturated rings. The number of anilines is 1. The summed E-state index contributed by atoms with van der Waals surface area (Å²) in [6.45, 7) is 7.64. The number of likely N-dealkylation sites (tertiary alicyclic amines) is 1. The molecule has 4 heteroatoms. The van der Waals surface area contributed by atoms with Crippen LogP contribution in [0.25, 0.3) is 0 Å². The van der Waals surface area contributed by atoms with Crippen molar-refractivity contribution < 1.29 is 9.53 Å². The van der Waals surface area contributed by atoms with Crippen LogP contribution in [0.3, 0.4) is 0 Å². The summed E-state index contributed by atoms with van der Waals surface area (Å²) in [6.07, 6.45) is 5.94. The molecular weight excluding hydrogens is 300 g/mol. The second kappa shape index (κ2) is 6.25. The third kappa shape index (κ3) is 2.53. The van der Waals surface area contributed by atoms with E-state index < -0.39 is 0 Å². The van der Waals surface area contributed by atoms with Gasteiger partial charge in [0.15, 0.2) is 0 Å². The fraction of sp³-hybridized carbons (Fsp3) is 0.550. The molecule has 0 aromatic heterocycles. The van der Waals surface area contributed by atoms with Crippen LogP contribution in [0.2, 0.25) is 0 Å². The minimum Gasteiger partial charge on any atom is -0.370 e. The zero-order valence-corrected chi connectivity index (χ0v) is 14.6. The van der Waals surface area contributed by atoms with Gasteiger partial charge in [-0.2, -0.15) is 0 Å². The van der Waals surface area contributed by atoms with E-state index in [1.165, 1.54) is 5.70 Å². The fourth-order valence-corrected chi connectivity index (χ4v) is 4.06. The molecule has 2 aliphatic heterocycles. The van der Waals surface area contributed by atoms with Crippen molar-refractivity contribution in [3.63, 3.8) is 0 Å². The van der Waals surface area contributed by atoms with Gasteiger partial charge in [-0.3, -0.25) is 4.79 Å². The molecule has 1 aliphatic carbocycles. The number of rotatable bonds is 3. The number of carbonyl (C=O) groups is 1. The quantitative estimate of drug-likeness (QED) is 0.854. The number of hydrogen-bond acceptors (Lipinski definition) is 3. The second-order valence-corrected chi connectivity index (χ2v) is 7.11. The summed E-state index contributed by atoms with van der Waals surface area (Å²) in [4.78, 5) is 17.2. The first kappa shape index (κ1) is 15.7. The van der Waals surface area contributed by atoms with Crippen LogP contribution in [-0.4, -0.2) is 43.2 Å². The van der Waals surface area contributed by atoms with Crippen LogP contribution < -0.4 is 4.90 Å². The molecule has 0 saturated carbocycles. The SMILES string of the molecule is CCC1C=C2C1OCCN2c1ccc(C)c(C(=O)N2CCCC2)c1. The van der Waals surface area contributed by atoms with Crippen molar-refractivity contribution in [3.8, 4) is 0 Å². The van der Waals surface area contributed by atoms with E-state index in [9.17, 15) is 4.79 Å². The van der Waals surface area contributed by atoms with Crippen molar-refractivity contribution in [3.05, 3.63) is 41.1 Å². The third-order valence-corrected chi connectivity index (χ3v) is 5.62. The van der Waals surface area contributed by atoms with Gasteiger partial charge in [0.05, 0.1) is 6.61 Å². The minimum atomic E-state index is 0.186. The maximum Gasteiger partial charge on any atom is 0.254 e.